The molecule has 0 unspecified atom stereocenters. The number of methoxy groups -OCH3 is 2. The number of halogens is 1. The minimum absolute atomic E-state index is 0. The van der Waals surface area contributed by atoms with E-state index in [1.807, 2.05) is 37.5 Å². The molecule has 2 N–H and O–H groups in total. The SMILES string of the molecule is CCNC(=NCc1ccc(OC)c(OC)c1)NCCCCn1ccnc1C.I. The van der Waals surface area contributed by atoms with Crippen LogP contribution in [0.5, 0.6) is 11.5 Å². The van der Waals surface area contributed by atoms with Crippen LogP contribution >= 0.6 is 24.0 Å². The number of hydrogen-bond acceptors (Lipinski definition) is 4. The molecule has 0 saturated carbocycles. The fraction of sp³-hybridized carbons (Fsp3) is 0.500. The van der Waals surface area contributed by atoms with Gasteiger partial charge in [-0.05, 0) is 44.4 Å². The van der Waals surface area contributed by atoms with Crippen molar-refractivity contribution in [1.29, 1.82) is 0 Å². The van der Waals surface area contributed by atoms with Gasteiger partial charge >= 0.3 is 0 Å². The molecule has 1 aromatic heterocycles. The van der Waals surface area contributed by atoms with Gasteiger partial charge in [0.15, 0.2) is 17.5 Å². The van der Waals surface area contributed by atoms with Crippen LogP contribution in [0.2, 0.25) is 0 Å². The van der Waals surface area contributed by atoms with E-state index in [0.717, 1.165) is 61.3 Å². The largest absolute Gasteiger partial charge is 0.493 e. The van der Waals surface area contributed by atoms with Gasteiger partial charge in [-0.1, -0.05) is 6.07 Å². The lowest BCUT2D eigenvalue weighted by Gasteiger charge is -2.12. The molecule has 1 heterocycles. The van der Waals surface area contributed by atoms with Crippen LogP contribution in [0.4, 0.5) is 0 Å². The van der Waals surface area contributed by atoms with Crippen molar-refractivity contribution in [3.8, 4) is 11.5 Å². The molecule has 2 rings (SSSR count). The molecule has 1 aromatic carbocycles. The number of guanidine groups is 1. The summed E-state index contributed by atoms with van der Waals surface area (Å²) in [6.07, 6.45) is 6.03. The first kappa shape index (κ1) is 24.1. The molecule has 0 aliphatic rings. The zero-order valence-electron chi connectivity index (χ0n) is 17.2. The molecule has 0 amide bonds. The van der Waals surface area contributed by atoms with Crippen molar-refractivity contribution in [2.45, 2.75) is 39.8 Å². The van der Waals surface area contributed by atoms with Gasteiger partial charge in [-0.15, -0.1) is 24.0 Å². The average Bonchev–Trinajstić information content (AvgIpc) is 3.10. The van der Waals surface area contributed by atoms with Crippen LogP contribution in [0, 0.1) is 6.92 Å². The topological polar surface area (TPSA) is 72.7 Å². The Morgan fingerprint density at radius 1 is 1.14 bits per heavy atom. The van der Waals surface area contributed by atoms with E-state index in [1.165, 1.54) is 0 Å². The number of benzene rings is 1. The summed E-state index contributed by atoms with van der Waals surface area (Å²) in [6, 6.07) is 5.86. The van der Waals surface area contributed by atoms with E-state index in [9.17, 15) is 0 Å². The van der Waals surface area contributed by atoms with Gasteiger partial charge in [0.2, 0.25) is 0 Å². The fourth-order valence-corrected chi connectivity index (χ4v) is 2.75. The molecule has 0 atom stereocenters. The summed E-state index contributed by atoms with van der Waals surface area (Å²) >= 11 is 0. The van der Waals surface area contributed by atoms with Crippen LogP contribution in [-0.2, 0) is 13.1 Å². The number of ether oxygens (including phenoxy) is 2. The normalized spacial score (nSPS) is 10.9. The summed E-state index contributed by atoms with van der Waals surface area (Å²) in [5, 5.41) is 6.68. The Kier molecular flexibility index (Phi) is 11.4. The maximum Gasteiger partial charge on any atom is 0.191 e. The van der Waals surface area contributed by atoms with Gasteiger partial charge in [0.1, 0.15) is 5.82 Å². The molecule has 28 heavy (non-hydrogen) atoms. The first-order valence-electron chi connectivity index (χ1n) is 9.38. The van der Waals surface area contributed by atoms with E-state index < -0.39 is 0 Å². The van der Waals surface area contributed by atoms with Crippen LogP contribution in [0.3, 0.4) is 0 Å². The second-order valence-electron chi connectivity index (χ2n) is 6.19. The van der Waals surface area contributed by atoms with E-state index in [2.05, 4.69) is 32.1 Å². The van der Waals surface area contributed by atoms with Crippen molar-refractivity contribution in [3.63, 3.8) is 0 Å². The summed E-state index contributed by atoms with van der Waals surface area (Å²) in [6.45, 7) is 7.37. The molecule has 8 heteroatoms. The van der Waals surface area contributed by atoms with Crippen LogP contribution in [0.1, 0.15) is 31.2 Å². The van der Waals surface area contributed by atoms with Crippen molar-refractivity contribution < 1.29 is 9.47 Å². The van der Waals surface area contributed by atoms with Crippen molar-refractivity contribution >= 4 is 29.9 Å². The molecule has 0 bridgehead atoms. The highest BCUT2D eigenvalue weighted by Crippen LogP contribution is 2.27. The van der Waals surface area contributed by atoms with Gasteiger partial charge < -0.3 is 24.7 Å². The summed E-state index contributed by atoms with van der Waals surface area (Å²) in [5.74, 6) is 3.33. The second-order valence-corrected chi connectivity index (χ2v) is 6.19. The number of nitrogens with one attached hydrogen (secondary N) is 2. The lowest BCUT2D eigenvalue weighted by molar-refractivity contribution is 0.354. The molecule has 0 fully saturated rings. The first-order chi connectivity index (χ1) is 13.2. The number of nitrogens with zero attached hydrogens (tertiary/aromatic N) is 3. The van der Waals surface area contributed by atoms with Gasteiger partial charge in [-0.3, -0.25) is 0 Å². The third-order valence-electron chi connectivity index (χ3n) is 4.25. The Balaban J connectivity index is 0.00000392. The van der Waals surface area contributed by atoms with Gasteiger partial charge in [0, 0.05) is 32.0 Å². The minimum atomic E-state index is 0. The fourth-order valence-electron chi connectivity index (χ4n) is 2.75. The number of aromatic nitrogens is 2. The van der Waals surface area contributed by atoms with Crippen LogP contribution < -0.4 is 20.1 Å². The van der Waals surface area contributed by atoms with Crippen LogP contribution in [0.25, 0.3) is 0 Å². The van der Waals surface area contributed by atoms with E-state index in [0.29, 0.717) is 6.54 Å². The Hall–Kier alpha value is -1.97. The number of hydrogen-bond donors (Lipinski definition) is 2. The average molecular weight is 501 g/mol. The lowest BCUT2D eigenvalue weighted by atomic mass is 10.2. The molecule has 0 aliphatic heterocycles. The standard InChI is InChI=1S/C20H31N5O2.HI/c1-5-21-20(23-10-6-7-12-25-13-11-22-16(25)2)24-15-17-8-9-18(26-3)19(14-17)27-4;/h8-9,11,13-14H,5-7,10,12,15H2,1-4H3,(H2,21,23,24);1H. The monoisotopic (exact) mass is 501 g/mol. The summed E-state index contributed by atoms with van der Waals surface area (Å²) < 4.78 is 12.8. The van der Waals surface area contributed by atoms with E-state index in [4.69, 9.17) is 9.47 Å². The van der Waals surface area contributed by atoms with Gasteiger partial charge in [0.05, 0.1) is 20.8 Å². The van der Waals surface area contributed by atoms with Gasteiger partial charge in [0.25, 0.3) is 0 Å². The second kappa shape index (κ2) is 13.2. The Morgan fingerprint density at radius 3 is 2.57 bits per heavy atom. The lowest BCUT2D eigenvalue weighted by Crippen LogP contribution is -2.37. The molecule has 156 valence electrons. The molecular formula is C20H32IN5O2. The Morgan fingerprint density at radius 2 is 1.93 bits per heavy atom. The number of aryl methyl sites for hydroxylation is 2. The van der Waals surface area contributed by atoms with Crippen LogP contribution in [0.15, 0.2) is 35.6 Å². The number of rotatable bonds is 10. The summed E-state index contributed by atoms with van der Waals surface area (Å²) in [7, 11) is 3.28. The van der Waals surface area contributed by atoms with E-state index in [1.54, 1.807) is 14.2 Å². The van der Waals surface area contributed by atoms with Gasteiger partial charge in [-0.25, -0.2) is 9.98 Å². The molecule has 0 saturated heterocycles. The third kappa shape index (κ3) is 7.57. The number of unbranched alkanes of at least 4 members (excludes halogenated alkanes) is 1. The number of imidazole rings is 1. The van der Waals surface area contributed by atoms with Crippen molar-refractivity contribution in [2.24, 2.45) is 4.99 Å². The van der Waals surface area contributed by atoms with Crippen molar-refractivity contribution in [2.75, 3.05) is 27.3 Å². The smallest absolute Gasteiger partial charge is 0.191 e. The predicted octanol–water partition coefficient (Wildman–Crippen LogP) is 3.36. The zero-order chi connectivity index (χ0) is 19.5. The maximum atomic E-state index is 5.35. The molecule has 0 radical (unpaired) electrons. The van der Waals surface area contributed by atoms with Gasteiger partial charge in [-0.2, -0.15) is 0 Å². The molecule has 2 aromatic rings. The molecule has 0 aliphatic carbocycles. The first-order valence-corrected chi connectivity index (χ1v) is 9.38. The molecule has 7 nitrogen and oxygen atoms in total. The van der Waals surface area contributed by atoms with Crippen molar-refractivity contribution in [3.05, 3.63) is 42.0 Å². The highest BCUT2D eigenvalue weighted by atomic mass is 127. The third-order valence-corrected chi connectivity index (χ3v) is 4.25. The predicted molar refractivity (Wildman–Crippen MR) is 124 cm³/mol. The summed E-state index contributed by atoms with van der Waals surface area (Å²) in [5.41, 5.74) is 1.07. The minimum Gasteiger partial charge on any atom is -0.493 e. The maximum absolute atomic E-state index is 5.35. The molecular weight excluding hydrogens is 469 g/mol. The Labute approximate surface area is 185 Å². The highest BCUT2D eigenvalue weighted by molar-refractivity contribution is 14.0. The Bertz CT molecular complexity index is 733. The summed E-state index contributed by atoms with van der Waals surface area (Å²) in [4.78, 5) is 8.90. The van der Waals surface area contributed by atoms with E-state index >= 15 is 0 Å². The highest BCUT2D eigenvalue weighted by Gasteiger charge is 2.05. The quantitative estimate of drug-likeness (QED) is 0.226. The van der Waals surface area contributed by atoms with Crippen LogP contribution in [-0.4, -0.2) is 42.8 Å². The van der Waals surface area contributed by atoms with Crippen molar-refractivity contribution in [1.82, 2.24) is 20.2 Å². The molecule has 0 spiro atoms. The van der Waals surface area contributed by atoms with E-state index in [-0.39, 0.29) is 24.0 Å². The zero-order valence-corrected chi connectivity index (χ0v) is 19.5. The number of aliphatic imine (C=N–C) groups is 1.